The van der Waals surface area contributed by atoms with Crippen molar-refractivity contribution in [1.82, 2.24) is 10.4 Å². The molecule has 1 saturated heterocycles. The first-order valence-electron chi connectivity index (χ1n) is 14.4. The van der Waals surface area contributed by atoms with Crippen molar-refractivity contribution in [2.45, 2.75) is 82.5 Å². The fourth-order valence-electron chi connectivity index (χ4n) is 6.26. The number of amidine groups is 1. The lowest BCUT2D eigenvalue weighted by atomic mass is 9.76. The van der Waals surface area contributed by atoms with Gasteiger partial charge in [0.1, 0.15) is 18.0 Å². The molecule has 9 heteroatoms. The van der Waals surface area contributed by atoms with Crippen molar-refractivity contribution in [1.29, 1.82) is 0 Å². The third kappa shape index (κ3) is 6.05. The van der Waals surface area contributed by atoms with Gasteiger partial charge in [-0.15, -0.1) is 0 Å². The van der Waals surface area contributed by atoms with Gasteiger partial charge in [0.15, 0.2) is 16.2 Å². The second-order valence-electron chi connectivity index (χ2n) is 11.3. The number of nitrogens with one attached hydrogen (secondary N) is 1. The average molecular weight is 573 g/mol. The highest BCUT2D eigenvalue weighted by atomic mass is 32.2. The molecule has 1 saturated carbocycles. The number of thioether (sulfide) groups is 1. The van der Waals surface area contributed by atoms with Gasteiger partial charge in [-0.1, -0.05) is 67.1 Å². The fourth-order valence-corrected chi connectivity index (χ4v) is 7.15. The standard InChI is InChI=1S/C32H36N4O4S/c1-21-18-22(2)36-30(33-21)34-31(35-36)41-28-27(37)19-32(40-29(28)38,25-10-6-7-11-25)17-16-23-12-14-26(15-13-23)39-20-24-8-4-3-5-9-24/h3-5,8-9,12-15,18,25,28,30H,6-7,10-11,16-17,19-20H2,1-2H3,(H,34,35). The normalized spacial score (nSPS) is 26.1. The number of esters is 1. The highest BCUT2D eigenvalue weighted by Gasteiger charge is 2.52. The van der Waals surface area contributed by atoms with Crippen molar-refractivity contribution >= 4 is 34.4 Å². The van der Waals surface area contributed by atoms with Crippen LogP contribution in [0.4, 0.5) is 0 Å². The second-order valence-corrected chi connectivity index (χ2v) is 12.4. The van der Waals surface area contributed by atoms with Gasteiger partial charge in [-0.3, -0.25) is 15.0 Å². The number of rotatable bonds is 8. The molecule has 214 valence electrons. The molecule has 0 spiro atoms. The number of carbonyl (C=O) groups excluding carboxylic acids is 2. The predicted octanol–water partition coefficient (Wildman–Crippen LogP) is 5.58. The van der Waals surface area contributed by atoms with Gasteiger partial charge in [0.25, 0.3) is 0 Å². The molecule has 3 unspecified atom stereocenters. The Hall–Kier alpha value is -3.59. The number of ether oxygens (including phenoxy) is 2. The van der Waals surface area contributed by atoms with Crippen LogP contribution in [0.3, 0.4) is 0 Å². The number of hydrazine groups is 1. The van der Waals surface area contributed by atoms with Crippen LogP contribution < -0.4 is 10.2 Å². The summed E-state index contributed by atoms with van der Waals surface area (Å²) in [5.74, 6) is 0.484. The number of aliphatic imine (C=N–C) groups is 2. The Kier molecular flexibility index (Phi) is 7.88. The molecule has 2 fully saturated rings. The molecule has 2 aromatic carbocycles. The molecule has 3 aliphatic heterocycles. The van der Waals surface area contributed by atoms with E-state index in [0.717, 1.165) is 72.2 Å². The molecule has 4 aliphatic rings. The van der Waals surface area contributed by atoms with Crippen LogP contribution in [0.25, 0.3) is 0 Å². The van der Waals surface area contributed by atoms with Gasteiger partial charge >= 0.3 is 5.97 Å². The SMILES string of the molecule is CC1=CC(C)=NC2N=C(SC3C(=O)CC(CCc4ccc(OCc5ccccc5)cc4)(C4CCCC4)OC3=O)NN12. The summed E-state index contributed by atoms with van der Waals surface area (Å²) in [6, 6.07) is 18.2. The Labute approximate surface area is 245 Å². The van der Waals surface area contributed by atoms with E-state index in [1.165, 1.54) is 0 Å². The number of allylic oxidation sites excluding steroid dienone is 2. The van der Waals surface area contributed by atoms with Crippen molar-refractivity contribution in [2.75, 3.05) is 0 Å². The van der Waals surface area contributed by atoms with Crippen LogP contribution in [-0.2, 0) is 27.4 Å². The Balaban J connectivity index is 1.10. The molecule has 0 radical (unpaired) electrons. The van der Waals surface area contributed by atoms with E-state index >= 15 is 0 Å². The molecule has 1 aliphatic carbocycles. The summed E-state index contributed by atoms with van der Waals surface area (Å²) < 4.78 is 12.2. The maximum atomic E-state index is 13.6. The molecule has 8 nitrogen and oxygen atoms in total. The van der Waals surface area contributed by atoms with Crippen LogP contribution in [0.1, 0.15) is 63.5 Å². The summed E-state index contributed by atoms with van der Waals surface area (Å²) in [7, 11) is 0. The van der Waals surface area contributed by atoms with E-state index in [0.29, 0.717) is 18.2 Å². The number of Topliss-reactive ketones (excluding diaryl/α,β-unsaturated/α-hetero) is 1. The zero-order chi connectivity index (χ0) is 28.4. The quantitative estimate of drug-likeness (QED) is 0.326. The van der Waals surface area contributed by atoms with E-state index in [2.05, 4.69) is 27.5 Å². The van der Waals surface area contributed by atoms with Gasteiger partial charge < -0.3 is 9.47 Å². The summed E-state index contributed by atoms with van der Waals surface area (Å²) in [5.41, 5.74) is 6.57. The highest BCUT2D eigenvalue weighted by molar-refractivity contribution is 8.15. The number of nitrogens with zero attached hydrogens (tertiary/aromatic N) is 3. The first-order valence-corrected chi connectivity index (χ1v) is 15.3. The molecular weight excluding hydrogens is 536 g/mol. The number of fused-ring (bicyclic) bond motifs is 1. The van der Waals surface area contributed by atoms with Crippen molar-refractivity contribution in [2.24, 2.45) is 15.9 Å². The van der Waals surface area contributed by atoms with Crippen molar-refractivity contribution < 1.29 is 19.1 Å². The number of carbonyl (C=O) groups is 2. The minimum atomic E-state index is -0.924. The van der Waals surface area contributed by atoms with Crippen LogP contribution in [0.5, 0.6) is 5.75 Å². The Bertz CT molecular complexity index is 1360. The lowest BCUT2D eigenvalue weighted by Gasteiger charge is -2.42. The lowest BCUT2D eigenvalue weighted by molar-refractivity contribution is -0.177. The third-order valence-corrected chi connectivity index (χ3v) is 9.53. The zero-order valence-electron chi connectivity index (χ0n) is 23.5. The molecule has 0 bridgehead atoms. The van der Waals surface area contributed by atoms with E-state index < -0.39 is 23.1 Å². The summed E-state index contributed by atoms with van der Waals surface area (Å²) >= 11 is 1.14. The van der Waals surface area contributed by atoms with Gasteiger partial charge in [-0.25, -0.2) is 15.0 Å². The minimum absolute atomic E-state index is 0.0795. The number of hydrogen-bond donors (Lipinski definition) is 1. The minimum Gasteiger partial charge on any atom is -0.489 e. The number of aryl methyl sites for hydroxylation is 1. The predicted molar refractivity (Wildman–Crippen MR) is 160 cm³/mol. The smallest absolute Gasteiger partial charge is 0.327 e. The molecule has 2 aromatic rings. The van der Waals surface area contributed by atoms with E-state index in [-0.39, 0.29) is 18.1 Å². The molecule has 3 atom stereocenters. The Morgan fingerprint density at radius 2 is 1.78 bits per heavy atom. The maximum absolute atomic E-state index is 13.6. The van der Waals surface area contributed by atoms with Crippen LogP contribution in [0.2, 0.25) is 0 Å². The third-order valence-electron chi connectivity index (χ3n) is 8.42. The van der Waals surface area contributed by atoms with Gasteiger partial charge in [-0.05, 0) is 74.8 Å². The van der Waals surface area contributed by atoms with Crippen molar-refractivity contribution in [3.05, 3.63) is 77.5 Å². The molecular formula is C32H36N4O4S. The lowest BCUT2D eigenvalue weighted by Crippen LogP contribution is -2.53. The van der Waals surface area contributed by atoms with Crippen LogP contribution in [0, 0.1) is 5.92 Å². The summed E-state index contributed by atoms with van der Waals surface area (Å²) in [6.07, 6.45) is 7.33. The van der Waals surface area contributed by atoms with Crippen LogP contribution >= 0.6 is 11.8 Å². The molecule has 41 heavy (non-hydrogen) atoms. The molecule has 0 aromatic heterocycles. The first kappa shape index (κ1) is 27.6. The number of cyclic esters (lactones) is 1. The molecule has 3 heterocycles. The second kappa shape index (κ2) is 11.7. The molecule has 1 N–H and O–H groups in total. The number of benzene rings is 2. The van der Waals surface area contributed by atoms with E-state index in [9.17, 15) is 9.59 Å². The number of hydrogen-bond acceptors (Lipinski definition) is 9. The van der Waals surface area contributed by atoms with Crippen molar-refractivity contribution in [3.8, 4) is 5.75 Å². The Morgan fingerprint density at radius 3 is 2.51 bits per heavy atom. The van der Waals surface area contributed by atoms with Gasteiger partial charge in [0.2, 0.25) is 6.29 Å². The summed E-state index contributed by atoms with van der Waals surface area (Å²) in [5, 5.41) is 1.43. The number of ketones is 1. The van der Waals surface area contributed by atoms with Crippen LogP contribution in [0.15, 0.2) is 76.4 Å². The monoisotopic (exact) mass is 572 g/mol. The van der Waals surface area contributed by atoms with Crippen LogP contribution in [-0.4, -0.2) is 44.8 Å². The summed E-state index contributed by atoms with van der Waals surface area (Å²) in [4.78, 5) is 36.1. The topological polar surface area (TPSA) is 92.6 Å². The van der Waals surface area contributed by atoms with E-state index in [4.69, 9.17) is 9.47 Å². The van der Waals surface area contributed by atoms with Gasteiger partial charge in [-0.2, -0.15) is 0 Å². The zero-order valence-corrected chi connectivity index (χ0v) is 24.4. The largest absolute Gasteiger partial charge is 0.489 e. The van der Waals surface area contributed by atoms with Gasteiger partial charge in [0, 0.05) is 17.8 Å². The van der Waals surface area contributed by atoms with E-state index in [1.807, 2.05) is 67.4 Å². The maximum Gasteiger partial charge on any atom is 0.327 e. The summed E-state index contributed by atoms with van der Waals surface area (Å²) in [6.45, 7) is 4.43. The average Bonchev–Trinajstić information content (AvgIpc) is 3.65. The first-order chi connectivity index (χ1) is 19.9. The van der Waals surface area contributed by atoms with Crippen molar-refractivity contribution in [3.63, 3.8) is 0 Å². The molecule has 0 amide bonds. The Morgan fingerprint density at radius 1 is 1.02 bits per heavy atom. The van der Waals surface area contributed by atoms with Gasteiger partial charge in [0.05, 0.1) is 0 Å². The molecule has 6 rings (SSSR count). The fraction of sp³-hybridized carbons (Fsp3) is 0.438. The highest BCUT2D eigenvalue weighted by Crippen LogP contribution is 2.45. The van der Waals surface area contributed by atoms with E-state index in [1.54, 1.807) is 0 Å².